The van der Waals surface area contributed by atoms with E-state index >= 15 is 0 Å². The Kier molecular flexibility index (Phi) is 5.05. The maximum atomic E-state index is 11.8. The van der Waals surface area contributed by atoms with Crippen molar-refractivity contribution in [2.45, 2.75) is 12.5 Å². The highest BCUT2D eigenvalue weighted by Gasteiger charge is 2.24. The summed E-state index contributed by atoms with van der Waals surface area (Å²) in [4.78, 5) is 11.8. The Balaban J connectivity index is 1.84. The van der Waals surface area contributed by atoms with E-state index in [2.05, 4.69) is 10.6 Å². The summed E-state index contributed by atoms with van der Waals surface area (Å²) in [5.74, 6) is -0.0343. The van der Waals surface area contributed by atoms with Crippen LogP contribution in [0.1, 0.15) is 5.56 Å². The van der Waals surface area contributed by atoms with Crippen LogP contribution in [0.3, 0.4) is 0 Å². The molecule has 0 aromatic heterocycles. The first kappa shape index (κ1) is 14.6. The van der Waals surface area contributed by atoms with Crippen LogP contribution < -0.4 is 10.6 Å². The van der Waals surface area contributed by atoms with Gasteiger partial charge >= 0.3 is 0 Å². The molecule has 1 aromatic carbocycles. The van der Waals surface area contributed by atoms with Crippen LogP contribution in [-0.4, -0.2) is 36.8 Å². The van der Waals surface area contributed by atoms with Gasteiger partial charge < -0.3 is 15.7 Å². The highest BCUT2D eigenvalue weighted by molar-refractivity contribution is 6.35. The van der Waals surface area contributed by atoms with Crippen molar-refractivity contribution in [3.8, 4) is 0 Å². The van der Waals surface area contributed by atoms with Crippen LogP contribution in [0.4, 0.5) is 0 Å². The third-order valence-corrected chi connectivity index (χ3v) is 3.82. The van der Waals surface area contributed by atoms with Gasteiger partial charge in [0, 0.05) is 35.6 Å². The van der Waals surface area contributed by atoms with Crippen molar-refractivity contribution < 1.29 is 9.90 Å². The van der Waals surface area contributed by atoms with E-state index in [4.69, 9.17) is 23.2 Å². The Morgan fingerprint density at radius 3 is 2.84 bits per heavy atom. The number of hydrogen-bond donors (Lipinski definition) is 3. The average Bonchev–Trinajstić information content (AvgIpc) is 2.76. The number of rotatable bonds is 4. The number of aliphatic hydroxyl groups excluding tert-OH is 1. The van der Waals surface area contributed by atoms with Crippen molar-refractivity contribution in [3.05, 3.63) is 33.8 Å². The Labute approximate surface area is 122 Å². The minimum Gasteiger partial charge on any atom is -0.391 e. The lowest BCUT2D eigenvalue weighted by molar-refractivity contribution is -0.120. The molecule has 0 saturated carbocycles. The number of β-amino-alcohol motifs (C(OH)–C–C–N with tert-alkyl or cyclic N) is 1. The number of carbonyl (C=O) groups is 1. The van der Waals surface area contributed by atoms with Gasteiger partial charge in [-0.25, -0.2) is 0 Å². The maximum Gasteiger partial charge on any atom is 0.224 e. The molecule has 1 fully saturated rings. The van der Waals surface area contributed by atoms with Gasteiger partial charge in [0.25, 0.3) is 0 Å². The first-order valence-corrected chi connectivity index (χ1v) is 6.91. The zero-order valence-electron chi connectivity index (χ0n) is 10.3. The molecule has 2 unspecified atom stereocenters. The molecular weight excluding hydrogens is 287 g/mol. The minimum atomic E-state index is -0.389. The van der Waals surface area contributed by atoms with Crippen molar-refractivity contribution >= 4 is 29.1 Å². The topological polar surface area (TPSA) is 61.4 Å². The van der Waals surface area contributed by atoms with Crippen LogP contribution in [-0.2, 0) is 11.2 Å². The van der Waals surface area contributed by atoms with Crippen molar-refractivity contribution in [2.24, 2.45) is 5.92 Å². The van der Waals surface area contributed by atoms with Gasteiger partial charge in [-0.2, -0.15) is 0 Å². The summed E-state index contributed by atoms with van der Waals surface area (Å²) in [5, 5.41) is 16.5. The van der Waals surface area contributed by atoms with Gasteiger partial charge in [-0.05, 0) is 17.7 Å². The molecular formula is C13H16Cl2N2O2. The Morgan fingerprint density at radius 2 is 2.21 bits per heavy atom. The number of nitrogens with one attached hydrogen (secondary N) is 2. The summed E-state index contributed by atoms with van der Waals surface area (Å²) in [6.07, 6.45) is -0.175. The van der Waals surface area contributed by atoms with Crippen molar-refractivity contribution in [1.82, 2.24) is 10.6 Å². The van der Waals surface area contributed by atoms with Crippen LogP contribution in [0.25, 0.3) is 0 Å². The lowest BCUT2D eigenvalue weighted by Gasteiger charge is -2.14. The zero-order chi connectivity index (χ0) is 13.8. The average molecular weight is 303 g/mol. The predicted octanol–water partition coefficient (Wildman–Crippen LogP) is 1.23. The first-order valence-electron chi connectivity index (χ1n) is 6.15. The van der Waals surface area contributed by atoms with Gasteiger partial charge in [0.1, 0.15) is 0 Å². The molecule has 1 aliphatic rings. The molecule has 4 nitrogen and oxygen atoms in total. The molecule has 1 aromatic rings. The SMILES string of the molecule is O=C(Cc1ccc(Cl)cc1Cl)NCC1CNCC1O. The Hall–Kier alpha value is -0.810. The van der Waals surface area contributed by atoms with Gasteiger partial charge in [0.05, 0.1) is 12.5 Å². The van der Waals surface area contributed by atoms with Gasteiger partial charge in [-0.15, -0.1) is 0 Å². The van der Waals surface area contributed by atoms with Gasteiger partial charge in [-0.1, -0.05) is 29.3 Å². The number of carbonyl (C=O) groups excluding carboxylic acids is 1. The Bertz CT molecular complexity index is 468. The van der Waals surface area contributed by atoms with E-state index in [0.717, 1.165) is 12.1 Å². The van der Waals surface area contributed by atoms with Crippen LogP contribution >= 0.6 is 23.2 Å². The molecule has 0 spiro atoms. The molecule has 1 heterocycles. The summed E-state index contributed by atoms with van der Waals surface area (Å²) in [5.41, 5.74) is 0.744. The second kappa shape index (κ2) is 6.57. The third-order valence-electron chi connectivity index (χ3n) is 3.23. The third kappa shape index (κ3) is 4.08. The molecule has 1 amide bonds. The molecule has 2 atom stereocenters. The van der Waals surface area contributed by atoms with E-state index in [9.17, 15) is 9.90 Å². The fraction of sp³-hybridized carbons (Fsp3) is 0.462. The summed E-state index contributed by atoms with van der Waals surface area (Å²) >= 11 is 11.8. The highest BCUT2D eigenvalue weighted by atomic mass is 35.5. The smallest absolute Gasteiger partial charge is 0.224 e. The van der Waals surface area contributed by atoms with E-state index in [1.54, 1.807) is 18.2 Å². The molecule has 19 heavy (non-hydrogen) atoms. The molecule has 0 bridgehead atoms. The quantitative estimate of drug-likeness (QED) is 0.784. The summed E-state index contributed by atoms with van der Waals surface area (Å²) in [6.45, 7) is 1.78. The molecule has 0 aliphatic carbocycles. The van der Waals surface area contributed by atoms with E-state index in [0.29, 0.717) is 23.1 Å². The summed E-state index contributed by atoms with van der Waals surface area (Å²) in [6, 6.07) is 5.08. The summed E-state index contributed by atoms with van der Waals surface area (Å²) < 4.78 is 0. The fourth-order valence-electron chi connectivity index (χ4n) is 2.07. The molecule has 0 radical (unpaired) electrons. The lowest BCUT2D eigenvalue weighted by Crippen LogP contribution is -2.35. The van der Waals surface area contributed by atoms with Gasteiger partial charge in [0.15, 0.2) is 0 Å². The van der Waals surface area contributed by atoms with Crippen molar-refractivity contribution in [1.29, 1.82) is 0 Å². The predicted molar refractivity (Wildman–Crippen MR) is 75.5 cm³/mol. The lowest BCUT2D eigenvalue weighted by atomic mass is 10.1. The molecule has 3 N–H and O–H groups in total. The standard InChI is InChI=1S/C13H16Cl2N2O2/c14-10-2-1-8(11(15)4-10)3-13(19)17-6-9-5-16-7-12(9)18/h1-2,4,9,12,16,18H,3,5-7H2,(H,17,19). The van der Waals surface area contributed by atoms with Crippen molar-refractivity contribution in [3.63, 3.8) is 0 Å². The molecule has 1 saturated heterocycles. The number of halogens is 2. The normalized spacial score (nSPS) is 22.5. The largest absolute Gasteiger partial charge is 0.391 e. The number of amides is 1. The fourth-order valence-corrected chi connectivity index (χ4v) is 2.55. The minimum absolute atomic E-state index is 0.0737. The summed E-state index contributed by atoms with van der Waals surface area (Å²) in [7, 11) is 0. The number of hydrogen-bond acceptors (Lipinski definition) is 3. The van der Waals surface area contributed by atoms with E-state index in [1.807, 2.05) is 0 Å². The van der Waals surface area contributed by atoms with E-state index in [1.165, 1.54) is 0 Å². The molecule has 6 heteroatoms. The second-order valence-corrected chi connectivity index (χ2v) is 5.55. The molecule has 1 aliphatic heterocycles. The van der Waals surface area contributed by atoms with Gasteiger partial charge in [-0.3, -0.25) is 4.79 Å². The van der Waals surface area contributed by atoms with Crippen LogP contribution in [0.5, 0.6) is 0 Å². The monoisotopic (exact) mass is 302 g/mol. The van der Waals surface area contributed by atoms with E-state index in [-0.39, 0.29) is 24.3 Å². The number of benzene rings is 1. The van der Waals surface area contributed by atoms with Gasteiger partial charge in [0.2, 0.25) is 5.91 Å². The van der Waals surface area contributed by atoms with Crippen LogP contribution in [0.2, 0.25) is 10.0 Å². The van der Waals surface area contributed by atoms with Crippen LogP contribution in [0.15, 0.2) is 18.2 Å². The number of aliphatic hydroxyl groups is 1. The molecule has 104 valence electrons. The van der Waals surface area contributed by atoms with Crippen LogP contribution in [0, 0.1) is 5.92 Å². The second-order valence-electron chi connectivity index (χ2n) is 4.70. The highest BCUT2D eigenvalue weighted by Crippen LogP contribution is 2.21. The van der Waals surface area contributed by atoms with Crippen molar-refractivity contribution in [2.75, 3.05) is 19.6 Å². The Morgan fingerprint density at radius 1 is 1.42 bits per heavy atom. The first-order chi connectivity index (χ1) is 9.06. The molecule has 2 rings (SSSR count). The maximum absolute atomic E-state index is 11.8. The zero-order valence-corrected chi connectivity index (χ0v) is 11.8. The van der Waals surface area contributed by atoms with E-state index < -0.39 is 0 Å².